The van der Waals surface area contributed by atoms with E-state index in [4.69, 9.17) is 4.74 Å². The minimum atomic E-state index is -0.254. The first-order valence-electron chi connectivity index (χ1n) is 10.9. The fourth-order valence-electron chi connectivity index (χ4n) is 3.25. The molecule has 0 aromatic heterocycles. The monoisotopic (exact) mass is 450 g/mol. The number of carbonyl (C=O) groups excluding carboxylic acids is 2. The van der Waals surface area contributed by atoms with Gasteiger partial charge in [0.05, 0.1) is 6.61 Å². The predicted octanol–water partition coefficient (Wildman–Crippen LogP) is 5.09. The van der Waals surface area contributed by atoms with Crippen LogP contribution in [0.2, 0.25) is 0 Å². The van der Waals surface area contributed by atoms with Crippen molar-refractivity contribution in [3.05, 3.63) is 102 Å². The van der Waals surface area contributed by atoms with Gasteiger partial charge in [0.15, 0.2) is 0 Å². The predicted molar refractivity (Wildman–Crippen MR) is 128 cm³/mol. The molecule has 1 saturated heterocycles. The molecule has 0 radical (unpaired) electrons. The van der Waals surface area contributed by atoms with Gasteiger partial charge in [-0.3, -0.25) is 9.59 Å². The molecule has 5 nitrogen and oxygen atoms in total. The quantitative estimate of drug-likeness (QED) is 0.509. The molecule has 2 amide bonds. The standard InChI is InChI=1S/C11H12N2O2.C8H9F.C8H10O/c1-12-10(15)7-13(8-14)11(12)9-5-3-2-4-6-9;1-2-7-3-5-8(9)6-4-7;1-2-9-8-6-4-3-5-7-8/h2-6,8,11H,7H2,1H3;3-6H,2H2,1H3;3-7H,2H2,1H3. The maximum atomic E-state index is 12.2. The third-order valence-corrected chi connectivity index (χ3v) is 5.00. The van der Waals surface area contributed by atoms with Gasteiger partial charge in [0.1, 0.15) is 24.3 Å². The first-order chi connectivity index (χ1) is 16.0. The van der Waals surface area contributed by atoms with Crippen LogP contribution in [-0.2, 0) is 16.0 Å². The zero-order valence-electron chi connectivity index (χ0n) is 19.4. The number of benzene rings is 3. The molecule has 33 heavy (non-hydrogen) atoms. The summed E-state index contributed by atoms with van der Waals surface area (Å²) in [6, 6.07) is 25.9. The van der Waals surface area contributed by atoms with Crippen LogP contribution in [0.3, 0.4) is 0 Å². The van der Waals surface area contributed by atoms with Crippen molar-refractivity contribution in [2.75, 3.05) is 20.2 Å². The Morgan fingerprint density at radius 2 is 1.52 bits per heavy atom. The first kappa shape index (κ1) is 25.6. The highest BCUT2D eigenvalue weighted by Gasteiger charge is 2.35. The highest BCUT2D eigenvalue weighted by atomic mass is 19.1. The Labute approximate surface area is 195 Å². The van der Waals surface area contributed by atoms with Gasteiger partial charge in [-0.05, 0) is 48.7 Å². The molecule has 0 spiro atoms. The molecule has 0 N–H and O–H groups in total. The molecule has 1 atom stereocenters. The number of ether oxygens (including phenoxy) is 1. The van der Waals surface area contributed by atoms with Crippen LogP contribution in [0.4, 0.5) is 4.39 Å². The number of amides is 2. The van der Waals surface area contributed by atoms with Crippen molar-refractivity contribution in [2.45, 2.75) is 26.4 Å². The molecular formula is C27H31FN2O3. The molecule has 0 aliphatic carbocycles. The number of halogens is 1. The van der Waals surface area contributed by atoms with Gasteiger partial charge in [0.25, 0.3) is 0 Å². The lowest BCUT2D eigenvalue weighted by Gasteiger charge is -2.24. The van der Waals surface area contributed by atoms with E-state index in [0.29, 0.717) is 0 Å². The van der Waals surface area contributed by atoms with E-state index < -0.39 is 0 Å². The molecule has 1 heterocycles. The second-order valence-corrected chi connectivity index (χ2v) is 7.29. The average molecular weight is 451 g/mol. The van der Waals surface area contributed by atoms with Crippen LogP contribution in [0.1, 0.15) is 31.1 Å². The Bertz CT molecular complexity index is 966. The lowest BCUT2D eigenvalue weighted by molar-refractivity contribution is -0.126. The summed E-state index contributed by atoms with van der Waals surface area (Å²) in [7, 11) is 1.71. The van der Waals surface area contributed by atoms with Crippen LogP contribution >= 0.6 is 0 Å². The molecule has 0 saturated carbocycles. The zero-order valence-corrected chi connectivity index (χ0v) is 19.4. The maximum Gasteiger partial charge on any atom is 0.243 e. The lowest BCUT2D eigenvalue weighted by atomic mass is 10.1. The largest absolute Gasteiger partial charge is 0.494 e. The van der Waals surface area contributed by atoms with Gasteiger partial charge in [-0.2, -0.15) is 0 Å². The summed E-state index contributed by atoms with van der Waals surface area (Å²) >= 11 is 0. The van der Waals surface area contributed by atoms with Crippen molar-refractivity contribution < 1.29 is 18.7 Å². The van der Waals surface area contributed by atoms with E-state index in [2.05, 4.69) is 0 Å². The smallest absolute Gasteiger partial charge is 0.243 e. The number of carbonyl (C=O) groups is 2. The van der Waals surface area contributed by atoms with Crippen molar-refractivity contribution in [1.29, 1.82) is 0 Å². The summed E-state index contributed by atoms with van der Waals surface area (Å²) < 4.78 is 17.4. The molecule has 1 fully saturated rings. The van der Waals surface area contributed by atoms with Gasteiger partial charge in [-0.15, -0.1) is 0 Å². The molecule has 0 bridgehead atoms. The first-order valence-corrected chi connectivity index (χ1v) is 10.9. The van der Waals surface area contributed by atoms with Gasteiger partial charge in [0, 0.05) is 7.05 Å². The van der Waals surface area contributed by atoms with Crippen LogP contribution in [-0.4, -0.2) is 42.3 Å². The van der Waals surface area contributed by atoms with Gasteiger partial charge in [0.2, 0.25) is 12.3 Å². The summed E-state index contributed by atoms with van der Waals surface area (Å²) in [6.45, 7) is 4.93. The fourth-order valence-corrected chi connectivity index (χ4v) is 3.25. The average Bonchev–Trinajstić information content (AvgIpc) is 3.15. The Morgan fingerprint density at radius 1 is 0.939 bits per heavy atom. The van der Waals surface area contributed by atoms with Crippen LogP contribution in [0.15, 0.2) is 84.9 Å². The SMILES string of the molecule is CCOc1ccccc1.CCc1ccc(F)cc1.CN1C(=O)CN(C=O)C1c1ccccc1. The second kappa shape index (κ2) is 13.7. The molecule has 6 heteroatoms. The molecular weight excluding hydrogens is 419 g/mol. The van der Waals surface area contributed by atoms with Crippen molar-refractivity contribution in [3.63, 3.8) is 0 Å². The molecule has 3 aromatic carbocycles. The van der Waals surface area contributed by atoms with E-state index in [-0.39, 0.29) is 24.4 Å². The Kier molecular flexibility index (Phi) is 10.6. The highest BCUT2D eigenvalue weighted by Crippen LogP contribution is 2.27. The third kappa shape index (κ3) is 8.07. The van der Waals surface area contributed by atoms with Crippen LogP contribution in [0.5, 0.6) is 5.75 Å². The number of rotatable bonds is 5. The van der Waals surface area contributed by atoms with E-state index in [1.54, 1.807) is 24.1 Å². The van der Waals surface area contributed by atoms with Crippen LogP contribution < -0.4 is 4.74 Å². The Morgan fingerprint density at radius 3 is 2.03 bits per heavy atom. The lowest BCUT2D eigenvalue weighted by Crippen LogP contribution is -2.28. The number of nitrogens with zero attached hydrogens (tertiary/aromatic N) is 2. The summed E-state index contributed by atoms with van der Waals surface area (Å²) in [5.74, 6) is 0.753. The van der Waals surface area contributed by atoms with Gasteiger partial charge >= 0.3 is 0 Å². The highest BCUT2D eigenvalue weighted by molar-refractivity contribution is 5.83. The number of hydrogen-bond acceptors (Lipinski definition) is 3. The molecule has 4 rings (SSSR count). The molecule has 1 aliphatic heterocycles. The summed E-state index contributed by atoms with van der Waals surface area (Å²) in [5.41, 5.74) is 2.13. The second-order valence-electron chi connectivity index (χ2n) is 7.29. The van der Waals surface area contributed by atoms with Crippen LogP contribution in [0.25, 0.3) is 0 Å². The normalized spacial score (nSPS) is 14.5. The van der Waals surface area contributed by atoms with Crippen molar-refractivity contribution in [3.8, 4) is 5.75 Å². The summed E-state index contributed by atoms with van der Waals surface area (Å²) in [6.07, 6.45) is 1.44. The summed E-state index contributed by atoms with van der Waals surface area (Å²) in [5, 5.41) is 0. The Balaban J connectivity index is 0.000000186. The molecule has 174 valence electrons. The minimum Gasteiger partial charge on any atom is -0.494 e. The number of para-hydroxylation sites is 1. The number of aryl methyl sites for hydroxylation is 1. The van der Waals surface area contributed by atoms with E-state index in [1.165, 1.54) is 22.6 Å². The van der Waals surface area contributed by atoms with Gasteiger partial charge < -0.3 is 14.5 Å². The van der Waals surface area contributed by atoms with E-state index in [0.717, 1.165) is 30.8 Å². The van der Waals surface area contributed by atoms with Crippen LogP contribution in [0, 0.1) is 5.82 Å². The van der Waals surface area contributed by atoms with Gasteiger partial charge in [-0.25, -0.2) is 4.39 Å². The maximum absolute atomic E-state index is 12.2. The van der Waals surface area contributed by atoms with Gasteiger partial charge in [-0.1, -0.05) is 67.6 Å². The number of likely N-dealkylation sites (N-methyl/N-ethyl adjacent to an activating group) is 1. The fraction of sp³-hybridized carbons (Fsp3) is 0.259. The topological polar surface area (TPSA) is 49.9 Å². The van der Waals surface area contributed by atoms with E-state index in [1.807, 2.05) is 74.5 Å². The zero-order chi connectivity index (χ0) is 24.1. The molecule has 1 aliphatic rings. The van der Waals surface area contributed by atoms with E-state index in [9.17, 15) is 14.0 Å². The van der Waals surface area contributed by atoms with Crippen molar-refractivity contribution in [2.24, 2.45) is 0 Å². The van der Waals surface area contributed by atoms with Crippen molar-refractivity contribution >= 4 is 12.3 Å². The Hall–Kier alpha value is -3.67. The minimum absolute atomic E-state index is 0.0315. The molecule has 3 aromatic rings. The number of hydrogen-bond donors (Lipinski definition) is 0. The molecule has 1 unspecified atom stereocenters. The van der Waals surface area contributed by atoms with Crippen molar-refractivity contribution in [1.82, 2.24) is 9.80 Å². The van der Waals surface area contributed by atoms with E-state index >= 15 is 0 Å². The third-order valence-electron chi connectivity index (χ3n) is 5.00. The summed E-state index contributed by atoms with van der Waals surface area (Å²) in [4.78, 5) is 25.4.